The van der Waals surface area contributed by atoms with E-state index in [1.807, 2.05) is 61.5 Å². The van der Waals surface area contributed by atoms with Crippen molar-refractivity contribution in [2.24, 2.45) is 0 Å². The van der Waals surface area contributed by atoms with E-state index in [-0.39, 0.29) is 6.71 Å². The fourth-order valence-electron chi connectivity index (χ4n) is 12.0. The van der Waals surface area contributed by atoms with Gasteiger partial charge in [0.2, 0.25) is 0 Å². The first-order chi connectivity index (χ1) is 37.1. The van der Waals surface area contributed by atoms with Crippen molar-refractivity contribution in [2.45, 2.75) is 16.7 Å². The first-order valence-corrected chi connectivity index (χ1v) is 26.0. The number of fused-ring (bicyclic) bond motifs is 16. The Morgan fingerprint density at radius 3 is 1.89 bits per heavy atom. The van der Waals surface area contributed by atoms with E-state index in [4.69, 9.17) is 22.4 Å². The zero-order chi connectivity index (χ0) is 49.5. The summed E-state index contributed by atoms with van der Waals surface area (Å²) >= 11 is 1.80. The van der Waals surface area contributed by atoms with E-state index in [1.54, 1.807) is 11.8 Å². The number of benzene rings is 10. The quantitative estimate of drug-likeness (QED) is 0.147. The third-order valence-corrected chi connectivity index (χ3v) is 16.4. The number of nitrogens with zero attached hydrogens (tertiary/aromatic N) is 1. The lowest BCUT2D eigenvalue weighted by molar-refractivity contribution is 0.486. The van der Waals surface area contributed by atoms with Crippen LogP contribution in [0.3, 0.4) is 0 Å². The SMILES string of the molecule is C=Cc1c(/C=C\C)oc2ccc3oc4cc(-c5cc6c7c(c5)Sc5cc(N(c8ccccc8)c8ccccc8)ccc5B7c5ccc(-c7cc8oc9ccccc9c8c8c7oc7ccccc78)cc5O6)ccc4c3c12. The van der Waals surface area contributed by atoms with Crippen LogP contribution in [0.4, 0.5) is 17.1 Å². The normalized spacial score (nSPS) is 12.9. The summed E-state index contributed by atoms with van der Waals surface area (Å²) < 4.78 is 33.7. The number of para-hydroxylation sites is 4. The van der Waals surface area contributed by atoms with Crippen molar-refractivity contribution in [3.05, 3.63) is 218 Å². The van der Waals surface area contributed by atoms with Crippen LogP contribution in [0.25, 0.3) is 111 Å². The van der Waals surface area contributed by atoms with E-state index < -0.39 is 0 Å². The van der Waals surface area contributed by atoms with Crippen LogP contribution >= 0.6 is 11.8 Å². The Balaban J connectivity index is 0.889. The highest BCUT2D eigenvalue weighted by molar-refractivity contribution is 8.00. The van der Waals surface area contributed by atoms with Crippen molar-refractivity contribution in [3.8, 4) is 33.8 Å². The summed E-state index contributed by atoms with van der Waals surface area (Å²) in [7, 11) is 0. The van der Waals surface area contributed by atoms with Crippen molar-refractivity contribution >= 4 is 141 Å². The third kappa shape index (κ3) is 6.24. The molecule has 4 aromatic heterocycles. The highest BCUT2D eigenvalue weighted by Crippen LogP contribution is 2.48. The Bertz CT molecular complexity index is 4730. The molecule has 0 aliphatic carbocycles. The standard InChI is InChI=1S/C67H40BNO5S/c1-3-15-51-44(4-2)62-54(70-51)30-31-55-63(62)47-27-24-38(32-56(47)72-55)40-34-59-66-61(35-40)75-60-36-43(69(41-16-7-5-8-17-41)42-18-9-6-10-19-42)26-29-50(60)68(66)49-28-25-39(33-57(49)73-59)48-37-58-64(45-20-11-13-22-52(45)71-58)65-46-21-12-14-23-53(46)74-67(48)65/h3-37H,2H2,1H3/b15-3-. The van der Waals surface area contributed by atoms with Gasteiger partial charge in [-0.1, -0.05) is 133 Å². The molecule has 0 unspecified atom stereocenters. The van der Waals surface area contributed by atoms with Gasteiger partial charge in [0.05, 0.1) is 0 Å². The van der Waals surface area contributed by atoms with Crippen molar-refractivity contribution < 1.29 is 22.4 Å². The van der Waals surface area contributed by atoms with Gasteiger partial charge in [-0.15, -0.1) is 0 Å². The molecule has 0 fully saturated rings. The van der Waals surface area contributed by atoms with Gasteiger partial charge in [-0.05, 0) is 138 Å². The summed E-state index contributed by atoms with van der Waals surface area (Å²) in [6.45, 7) is 6.05. The topological polar surface area (TPSA) is 65.0 Å². The van der Waals surface area contributed by atoms with E-state index >= 15 is 0 Å². The maximum atomic E-state index is 7.25. The molecule has 75 heavy (non-hydrogen) atoms. The Labute approximate surface area is 434 Å². The highest BCUT2D eigenvalue weighted by atomic mass is 32.2. The van der Waals surface area contributed by atoms with Gasteiger partial charge >= 0.3 is 0 Å². The Morgan fingerprint density at radius 2 is 1.12 bits per heavy atom. The van der Waals surface area contributed by atoms with Gasteiger partial charge in [0, 0.05) is 75.7 Å². The average molecular weight is 982 g/mol. The lowest BCUT2D eigenvalue weighted by Gasteiger charge is -2.34. The summed E-state index contributed by atoms with van der Waals surface area (Å²) in [5.41, 5.74) is 17.4. The molecule has 0 amide bonds. The molecule has 2 aliphatic rings. The minimum atomic E-state index is -0.0974. The van der Waals surface area contributed by atoms with Gasteiger partial charge in [0.25, 0.3) is 6.71 Å². The summed E-state index contributed by atoms with van der Waals surface area (Å²) in [5, 5.41) is 7.26. The van der Waals surface area contributed by atoms with Crippen LogP contribution in [0.1, 0.15) is 18.2 Å². The van der Waals surface area contributed by atoms with Crippen LogP contribution in [0.2, 0.25) is 0 Å². The molecule has 6 nitrogen and oxygen atoms in total. The molecule has 14 aromatic rings. The summed E-state index contributed by atoms with van der Waals surface area (Å²) in [5.74, 6) is 2.41. The van der Waals surface area contributed by atoms with Crippen LogP contribution in [-0.4, -0.2) is 6.71 Å². The molecule has 16 rings (SSSR count). The number of hydrogen-bond acceptors (Lipinski definition) is 7. The fraction of sp³-hybridized carbons (Fsp3) is 0.0149. The van der Waals surface area contributed by atoms with Gasteiger partial charge in [-0.3, -0.25) is 0 Å². The van der Waals surface area contributed by atoms with E-state index in [9.17, 15) is 0 Å². The van der Waals surface area contributed by atoms with Crippen LogP contribution in [-0.2, 0) is 0 Å². The number of ether oxygens (including phenoxy) is 1. The summed E-state index contributed by atoms with van der Waals surface area (Å²) in [6, 6.07) is 68.5. The molecule has 0 bridgehead atoms. The van der Waals surface area contributed by atoms with Gasteiger partial charge in [0.1, 0.15) is 56.3 Å². The third-order valence-electron chi connectivity index (χ3n) is 15.3. The second kappa shape index (κ2) is 16.1. The van der Waals surface area contributed by atoms with Crippen molar-refractivity contribution in [3.63, 3.8) is 0 Å². The van der Waals surface area contributed by atoms with Crippen molar-refractivity contribution in [1.82, 2.24) is 0 Å². The number of anilines is 3. The molecule has 0 N–H and O–H groups in total. The van der Waals surface area contributed by atoms with Crippen LogP contribution in [0.15, 0.2) is 234 Å². The molecule has 2 aliphatic heterocycles. The van der Waals surface area contributed by atoms with Crippen LogP contribution < -0.4 is 26.0 Å². The molecule has 352 valence electrons. The molecule has 8 heteroatoms. The zero-order valence-electron chi connectivity index (χ0n) is 40.4. The number of furan rings is 4. The minimum absolute atomic E-state index is 0.0974. The second-order valence-corrected chi connectivity index (χ2v) is 20.5. The molecule has 0 radical (unpaired) electrons. The fourth-order valence-corrected chi connectivity index (χ4v) is 13.3. The molecule has 0 saturated heterocycles. The first kappa shape index (κ1) is 42.2. The predicted octanol–water partition coefficient (Wildman–Crippen LogP) is 17.7. The Hall–Kier alpha value is -9.37. The smallest absolute Gasteiger partial charge is 0.253 e. The lowest BCUT2D eigenvalue weighted by Crippen LogP contribution is -2.57. The molecule has 0 saturated carbocycles. The maximum absolute atomic E-state index is 7.25. The molecular formula is C67H40BNO5S. The highest BCUT2D eigenvalue weighted by Gasteiger charge is 2.40. The van der Waals surface area contributed by atoms with E-state index in [2.05, 4.69) is 169 Å². The van der Waals surface area contributed by atoms with Gasteiger partial charge in [-0.25, -0.2) is 0 Å². The van der Waals surface area contributed by atoms with Crippen LogP contribution in [0, 0.1) is 0 Å². The molecule has 0 atom stereocenters. The largest absolute Gasteiger partial charge is 0.458 e. The number of rotatable bonds is 7. The van der Waals surface area contributed by atoms with Gasteiger partial charge in [0.15, 0.2) is 0 Å². The molecule has 6 heterocycles. The number of allylic oxidation sites excluding steroid dienone is 1. The minimum Gasteiger partial charge on any atom is -0.458 e. The second-order valence-electron chi connectivity index (χ2n) is 19.4. The zero-order valence-corrected chi connectivity index (χ0v) is 41.2. The average Bonchev–Trinajstić information content (AvgIpc) is 4.23. The molecule has 10 aromatic carbocycles. The lowest BCUT2D eigenvalue weighted by atomic mass is 9.35. The summed E-state index contributed by atoms with van der Waals surface area (Å²) in [6.07, 6.45) is 5.84. The van der Waals surface area contributed by atoms with E-state index in [0.29, 0.717) is 0 Å². The van der Waals surface area contributed by atoms with Gasteiger partial charge in [-0.2, -0.15) is 0 Å². The van der Waals surface area contributed by atoms with Crippen molar-refractivity contribution in [1.29, 1.82) is 0 Å². The Morgan fingerprint density at radius 1 is 0.467 bits per heavy atom. The first-order valence-electron chi connectivity index (χ1n) is 25.2. The van der Waals surface area contributed by atoms with E-state index in [1.165, 1.54) is 10.4 Å². The van der Waals surface area contributed by atoms with Crippen LogP contribution in [0.5, 0.6) is 11.5 Å². The Kier molecular flexibility index (Phi) is 9.03. The number of hydrogen-bond donors (Lipinski definition) is 0. The van der Waals surface area contributed by atoms with Crippen molar-refractivity contribution in [2.75, 3.05) is 4.90 Å². The van der Waals surface area contributed by atoms with Gasteiger partial charge < -0.3 is 27.3 Å². The van der Waals surface area contributed by atoms with E-state index in [0.717, 1.165) is 155 Å². The summed E-state index contributed by atoms with van der Waals surface area (Å²) in [4.78, 5) is 4.67. The maximum Gasteiger partial charge on any atom is 0.253 e. The monoisotopic (exact) mass is 981 g/mol. The predicted molar refractivity (Wildman–Crippen MR) is 310 cm³/mol. The molecule has 0 spiro atoms. The molecular weight excluding hydrogens is 942 g/mol.